The van der Waals surface area contributed by atoms with Crippen LogP contribution in [0, 0.1) is 0 Å². The zero-order valence-corrected chi connectivity index (χ0v) is 37.7. The summed E-state index contributed by atoms with van der Waals surface area (Å²) in [4.78, 5) is 2.42. The van der Waals surface area contributed by atoms with Gasteiger partial charge in [0.2, 0.25) is 0 Å². The van der Waals surface area contributed by atoms with Crippen LogP contribution < -0.4 is 4.90 Å². The van der Waals surface area contributed by atoms with E-state index >= 15 is 0 Å². The average Bonchev–Trinajstić information content (AvgIpc) is 4.07. The van der Waals surface area contributed by atoms with E-state index in [0.717, 1.165) is 23.5 Å². The van der Waals surface area contributed by atoms with Crippen molar-refractivity contribution in [2.75, 3.05) is 4.90 Å². The van der Waals surface area contributed by atoms with E-state index in [0.29, 0.717) is 0 Å². The lowest BCUT2D eigenvalue weighted by Crippen LogP contribution is -2.17. The van der Waals surface area contributed by atoms with Gasteiger partial charge >= 0.3 is 0 Å². The number of rotatable bonds is 6. The Morgan fingerprint density at radius 2 is 0.855 bits per heavy atom. The first-order valence-corrected chi connectivity index (χ1v) is 24.1. The molecule has 0 saturated heterocycles. The van der Waals surface area contributed by atoms with Crippen LogP contribution in [-0.2, 0) is 0 Å². The summed E-state index contributed by atoms with van der Waals surface area (Å²) in [6.45, 7) is 0. The second kappa shape index (κ2) is 14.8. The van der Waals surface area contributed by atoms with Crippen molar-refractivity contribution in [2.24, 2.45) is 0 Å². The summed E-state index contributed by atoms with van der Waals surface area (Å²) < 4.78 is 4.86. The van der Waals surface area contributed by atoms with Gasteiger partial charge in [0.1, 0.15) is 0 Å². The smallest absolute Gasteiger partial charge is 0.0620 e. The Morgan fingerprint density at radius 3 is 1.48 bits per heavy atom. The molecule has 0 fully saturated rings. The molecule has 1 atom stereocenters. The number of anilines is 2. The molecule has 1 unspecified atom stereocenters. The summed E-state index contributed by atoms with van der Waals surface area (Å²) >= 11 is 0. The molecule has 0 bridgehead atoms. The van der Waals surface area contributed by atoms with Gasteiger partial charge in [-0.05, 0) is 134 Å². The molecular formula is C66H43N3. The lowest BCUT2D eigenvalue weighted by Gasteiger charge is -2.29. The second-order valence-electron chi connectivity index (χ2n) is 18.8. The number of fused-ring (bicyclic) bond motifs is 15. The maximum Gasteiger partial charge on any atom is 0.0620 e. The lowest BCUT2D eigenvalue weighted by atomic mass is 9.90. The molecule has 1 aliphatic carbocycles. The average molecular weight is 878 g/mol. The van der Waals surface area contributed by atoms with Crippen molar-refractivity contribution in [1.29, 1.82) is 0 Å². The van der Waals surface area contributed by atoms with Crippen molar-refractivity contribution in [3.63, 3.8) is 0 Å². The molecule has 0 radical (unpaired) electrons. The molecule has 15 rings (SSSR count). The Kier molecular flexibility index (Phi) is 8.19. The highest BCUT2D eigenvalue weighted by atomic mass is 15.1. The maximum atomic E-state index is 2.47. The second-order valence-corrected chi connectivity index (χ2v) is 18.8. The SMILES string of the molecule is C1=CC(c2ccc3c(c2)c2cccc4c5ccccc5n3c42)CC=C1N(c1ccc(-c2ccc3c4ccccc4c4ccccc4c3c2)cc1)c1ccc(-n2c3ccccc3c3ccccc32)cc1. The van der Waals surface area contributed by atoms with E-state index < -0.39 is 0 Å². The molecule has 3 heterocycles. The van der Waals surface area contributed by atoms with Crippen molar-refractivity contribution >= 4 is 104 Å². The molecule has 0 spiro atoms. The van der Waals surface area contributed by atoms with Gasteiger partial charge in [-0.3, -0.25) is 0 Å². The third-order valence-electron chi connectivity index (χ3n) is 15.2. The van der Waals surface area contributed by atoms with Crippen LogP contribution in [0.3, 0.4) is 0 Å². The minimum absolute atomic E-state index is 0.262. The van der Waals surface area contributed by atoms with Crippen LogP contribution in [-0.4, -0.2) is 8.97 Å². The molecule has 3 aromatic heterocycles. The zero-order chi connectivity index (χ0) is 45.2. The van der Waals surface area contributed by atoms with E-state index in [9.17, 15) is 0 Å². The normalized spacial score (nSPS) is 14.2. The minimum Gasteiger partial charge on any atom is -0.311 e. The molecule has 322 valence electrons. The number of benzene rings is 11. The molecule has 0 aliphatic heterocycles. The van der Waals surface area contributed by atoms with Crippen molar-refractivity contribution in [3.05, 3.63) is 254 Å². The fraction of sp³-hybridized carbons (Fsp3) is 0.0303. The first kappa shape index (κ1) is 38.2. The van der Waals surface area contributed by atoms with Gasteiger partial charge in [0.25, 0.3) is 0 Å². The number of para-hydroxylation sites is 4. The maximum absolute atomic E-state index is 2.47. The summed E-state index contributed by atoms with van der Waals surface area (Å²) in [5.74, 6) is 0.262. The Balaban J connectivity index is 0.815. The topological polar surface area (TPSA) is 12.6 Å². The van der Waals surface area contributed by atoms with Crippen molar-refractivity contribution in [1.82, 2.24) is 8.97 Å². The van der Waals surface area contributed by atoms with Gasteiger partial charge in [-0.25, -0.2) is 0 Å². The van der Waals surface area contributed by atoms with Crippen LogP contribution in [0.5, 0.6) is 0 Å². The predicted octanol–water partition coefficient (Wildman–Crippen LogP) is 17.8. The summed E-state index contributed by atoms with van der Waals surface area (Å²) in [6.07, 6.45) is 8.09. The molecular weight excluding hydrogens is 835 g/mol. The summed E-state index contributed by atoms with van der Waals surface area (Å²) in [5, 5.41) is 15.6. The minimum atomic E-state index is 0.262. The molecule has 1 aliphatic rings. The van der Waals surface area contributed by atoms with Gasteiger partial charge in [-0.15, -0.1) is 0 Å². The molecule has 0 N–H and O–H groups in total. The van der Waals surface area contributed by atoms with Crippen LogP contribution in [0.1, 0.15) is 17.9 Å². The van der Waals surface area contributed by atoms with E-state index in [1.54, 1.807) is 0 Å². The quantitative estimate of drug-likeness (QED) is 0.152. The molecule has 3 nitrogen and oxygen atoms in total. The molecule has 69 heavy (non-hydrogen) atoms. The monoisotopic (exact) mass is 877 g/mol. The van der Waals surface area contributed by atoms with Gasteiger partial charge in [0, 0.05) is 61.0 Å². The fourth-order valence-corrected chi connectivity index (χ4v) is 12.0. The predicted molar refractivity (Wildman–Crippen MR) is 293 cm³/mol. The number of hydrogen-bond acceptors (Lipinski definition) is 1. The van der Waals surface area contributed by atoms with E-state index in [2.05, 4.69) is 257 Å². The summed E-state index contributed by atoms with van der Waals surface area (Å²) in [6, 6.07) is 83.1. The summed E-state index contributed by atoms with van der Waals surface area (Å²) in [5.41, 5.74) is 14.6. The van der Waals surface area contributed by atoms with Crippen molar-refractivity contribution in [3.8, 4) is 16.8 Å². The van der Waals surface area contributed by atoms with Gasteiger partial charge in [0.05, 0.1) is 27.6 Å². The van der Waals surface area contributed by atoms with Crippen LogP contribution >= 0.6 is 0 Å². The number of hydrogen-bond donors (Lipinski definition) is 0. The third kappa shape index (κ3) is 5.68. The lowest BCUT2D eigenvalue weighted by molar-refractivity contribution is 0.841. The van der Waals surface area contributed by atoms with Gasteiger partial charge in [-0.1, -0.05) is 164 Å². The molecule has 0 amide bonds. The Labute approximate surface area is 398 Å². The standard InChI is InChI=1S/C66H43N3/c1-2-14-52-50(12-1)51-13-3-4-15-53(51)60-40-44(28-38-54(52)60)42-24-30-46(31-25-42)67(48-34-36-49(37-35-48)68-62-21-8-5-16-55(62)56-17-6-9-22-63(56)68)47-32-26-43(27-33-47)45-29-39-65-61(41-45)59-20-11-19-58-57-18-7-10-23-64(57)69(65)66(58)59/h1-26,28-41,43H,27H2. The zero-order valence-electron chi connectivity index (χ0n) is 37.7. The Bertz CT molecular complexity index is 4360. The Morgan fingerprint density at radius 1 is 0.362 bits per heavy atom. The van der Waals surface area contributed by atoms with Crippen molar-refractivity contribution < 1.29 is 0 Å². The van der Waals surface area contributed by atoms with E-state index in [1.165, 1.54) is 115 Å². The van der Waals surface area contributed by atoms with Gasteiger partial charge in [0.15, 0.2) is 0 Å². The fourth-order valence-electron chi connectivity index (χ4n) is 12.0. The van der Waals surface area contributed by atoms with E-state index in [4.69, 9.17) is 0 Å². The number of nitrogens with zero attached hydrogens (tertiary/aromatic N) is 3. The highest BCUT2D eigenvalue weighted by Crippen LogP contribution is 2.43. The number of allylic oxidation sites excluding steroid dienone is 3. The highest BCUT2D eigenvalue weighted by Gasteiger charge is 2.22. The third-order valence-corrected chi connectivity index (χ3v) is 15.2. The Hall–Kier alpha value is -8.92. The molecule has 3 heteroatoms. The number of aromatic nitrogens is 2. The van der Waals surface area contributed by atoms with Gasteiger partial charge < -0.3 is 13.9 Å². The van der Waals surface area contributed by atoms with Gasteiger partial charge in [-0.2, -0.15) is 0 Å². The van der Waals surface area contributed by atoms with E-state index in [1.807, 2.05) is 0 Å². The molecule has 14 aromatic rings. The van der Waals surface area contributed by atoms with E-state index in [-0.39, 0.29) is 5.92 Å². The molecule has 0 saturated carbocycles. The van der Waals surface area contributed by atoms with Crippen LogP contribution in [0.25, 0.3) is 109 Å². The highest BCUT2D eigenvalue weighted by molar-refractivity contribution is 6.26. The summed E-state index contributed by atoms with van der Waals surface area (Å²) in [7, 11) is 0. The van der Waals surface area contributed by atoms with Crippen LogP contribution in [0.2, 0.25) is 0 Å². The largest absolute Gasteiger partial charge is 0.311 e. The van der Waals surface area contributed by atoms with Crippen molar-refractivity contribution in [2.45, 2.75) is 12.3 Å². The first-order valence-electron chi connectivity index (χ1n) is 24.1. The first-order chi connectivity index (χ1) is 34.2. The van der Waals surface area contributed by atoms with Crippen LogP contribution in [0.4, 0.5) is 11.4 Å². The molecule has 11 aromatic carbocycles. The van der Waals surface area contributed by atoms with Crippen LogP contribution in [0.15, 0.2) is 248 Å².